The number of nitrogens with two attached hydrogens (primary N) is 1. The van der Waals surface area contributed by atoms with Crippen LogP contribution in [0.5, 0.6) is 0 Å². The van der Waals surface area contributed by atoms with Crippen LogP contribution in [-0.4, -0.2) is 27.4 Å². The predicted molar refractivity (Wildman–Crippen MR) is 69.0 cm³/mol. The van der Waals surface area contributed by atoms with E-state index in [-0.39, 0.29) is 16.1 Å². The molecule has 0 bridgehead atoms. The van der Waals surface area contributed by atoms with E-state index in [1.807, 2.05) is 0 Å². The van der Waals surface area contributed by atoms with Crippen molar-refractivity contribution in [2.24, 2.45) is 5.73 Å². The highest BCUT2D eigenvalue weighted by Gasteiger charge is 2.42. The van der Waals surface area contributed by atoms with E-state index >= 15 is 0 Å². The van der Waals surface area contributed by atoms with Gasteiger partial charge in [-0.2, -0.15) is 0 Å². The van der Waals surface area contributed by atoms with E-state index in [1.165, 1.54) is 0 Å². The number of primary amides is 1. The number of nitrogens with zero attached hydrogens (tertiary/aromatic N) is 1. The number of rotatable bonds is 3. The minimum atomic E-state index is -1.25. The largest absolute Gasteiger partial charge is 0.443 e. The van der Waals surface area contributed by atoms with Gasteiger partial charge in [-0.05, 0) is 25.7 Å². The maximum atomic E-state index is 11.9. The number of nitrogens with one attached hydrogen (secondary N) is 1. The highest BCUT2D eigenvalue weighted by atomic mass is 35.5. The predicted octanol–water partition coefficient (Wildman–Crippen LogP) is 2.06. The van der Waals surface area contributed by atoms with E-state index in [4.69, 9.17) is 33.7 Å². The Morgan fingerprint density at radius 2 is 1.89 bits per heavy atom. The SMILES string of the molecule is NC(=O)C1(OC(=O)c2nc(Cl)c(Cl)[nH]2)CCCCC1. The molecule has 1 aliphatic carbocycles. The van der Waals surface area contributed by atoms with Crippen molar-refractivity contribution >= 4 is 35.1 Å². The third-order valence-corrected chi connectivity index (χ3v) is 3.85. The van der Waals surface area contributed by atoms with Gasteiger partial charge in [-0.3, -0.25) is 4.79 Å². The Labute approximate surface area is 119 Å². The number of H-pyrrole nitrogens is 1. The fourth-order valence-corrected chi connectivity index (χ4v) is 2.44. The first-order chi connectivity index (χ1) is 8.94. The smallest absolute Gasteiger partial charge is 0.375 e. The van der Waals surface area contributed by atoms with E-state index in [9.17, 15) is 9.59 Å². The molecule has 0 spiro atoms. The van der Waals surface area contributed by atoms with Crippen LogP contribution >= 0.6 is 23.2 Å². The Balaban J connectivity index is 2.17. The molecule has 0 atom stereocenters. The zero-order valence-corrected chi connectivity index (χ0v) is 11.6. The second-order valence-corrected chi connectivity index (χ2v) is 5.23. The summed E-state index contributed by atoms with van der Waals surface area (Å²) in [6.07, 6.45) is 3.42. The third kappa shape index (κ3) is 2.84. The first-order valence-corrected chi connectivity index (χ1v) is 6.64. The van der Waals surface area contributed by atoms with Crippen LogP contribution < -0.4 is 5.73 Å². The third-order valence-electron chi connectivity index (χ3n) is 3.21. The summed E-state index contributed by atoms with van der Waals surface area (Å²) in [5.74, 6) is -1.56. The fraction of sp³-hybridized carbons (Fsp3) is 0.545. The van der Waals surface area contributed by atoms with Gasteiger partial charge in [0.05, 0.1) is 0 Å². The lowest BCUT2D eigenvalue weighted by molar-refractivity contribution is -0.140. The van der Waals surface area contributed by atoms with E-state index in [1.54, 1.807) is 0 Å². The maximum Gasteiger partial charge on any atom is 0.375 e. The van der Waals surface area contributed by atoms with E-state index in [2.05, 4.69) is 9.97 Å². The van der Waals surface area contributed by atoms with Crippen LogP contribution in [0.25, 0.3) is 0 Å². The number of aromatic nitrogens is 2. The van der Waals surface area contributed by atoms with Gasteiger partial charge in [-0.15, -0.1) is 0 Å². The molecule has 0 saturated heterocycles. The summed E-state index contributed by atoms with van der Waals surface area (Å²) in [5.41, 5.74) is 4.12. The molecule has 104 valence electrons. The molecule has 3 N–H and O–H groups in total. The van der Waals surface area contributed by atoms with Gasteiger partial charge in [0.1, 0.15) is 5.15 Å². The van der Waals surface area contributed by atoms with Crippen molar-refractivity contribution in [1.29, 1.82) is 0 Å². The Kier molecular flexibility index (Phi) is 4.01. The molecule has 19 heavy (non-hydrogen) atoms. The van der Waals surface area contributed by atoms with Crippen molar-refractivity contribution in [3.8, 4) is 0 Å². The van der Waals surface area contributed by atoms with Crippen molar-refractivity contribution < 1.29 is 14.3 Å². The molecule has 0 radical (unpaired) electrons. The molecular formula is C11H13Cl2N3O3. The Bertz CT molecular complexity index is 490. The number of amides is 1. The number of aromatic amines is 1. The van der Waals surface area contributed by atoms with Crippen molar-refractivity contribution in [1.82, 2.24) is 9.97 Å². The quantitative estimate of drug-likeness (QED) is 0.835. The molecule has 2 rings (SSSR count). The molecule has 1 amide bonds. The lowest BCUT2D eigenvalue weighted by Crippen LogP contribution is -2.49. The highest BCUT2D eigenvalue weighted by Crippen LogP contribution is 2.32. The normalized spacial score (nSPS) is 18.0. The zero-order chi connectivity index (χ0) is 14.0. The number of halogens is 2. The van der Waals surface area contributed by atoms with E-state index < -0.39 is 17.5 Å². The molecule has 0 aromatic carbocycles. The van der Waals surface area contributed by atoms with Gasteiger partial charge in [0.15, 0.2) is 10.8 Å². The van der Waals surface area contributed by atoms with Crippen LogP contribution in [0.3, 0.4) is 0 Å². The molecular weight excluding hydrogens is 293 g/mol. The Morgan fingerprint density at radius 3 is 2.37 bits per heavy atom. The summed E-state index contributed by atoms with van der Waals surface area (Å²) in [5, 5.41) is 0.0239. The van der Waals surface area contributed by atoms with Crippen molar-refractivity contribution in [2.75, 3.05) is 0 Å². The summed E-state index contributed by atoms with van der Waals surface area (Å²) in [6, 6.07) is 0. The minimum absolute atomic E-state index is 0.0228. The summed E-state index contributed by atoms with van der Waals surface area (Å²) in [6.45, 7) is 0. The molecule has 1 aliphatic rings. The minimum Gasteiger partial charge on any atom is -0.443 e. The first-order valence-electron chi connectivity index (χ1n) is 5.89. The van der Waals surface area contributed by atoms with Gasteiger partial charge in [-0.25, -0.2) is 9.78 Å². The number of carbonyl (C=O) groups excluding carboxylic acids is 2. The van der Waals surface area contributed by atoms with Crippen molar-refractivity contribution in [3.05, 3.63) is 16.1 Å². The summed E-state index contributed by atoms with van der Waals surface area (Å²) in [7, 11) is 0. The van der Waals surface area contributed by atoms with Crippen molar-refractivity contribution in [3.63, 3.8) is 0 Å². The molecule has 1 heterocycles. The number of carbonyl (C=O) groups is 2. The molecule has 0 unspecified atom stereocenters. The average Bonchev–Trinajstić information content (AvgIpc) is 2.71. The summed E-state index contributed by atoms with van der Waals surface area (Å²) >= 11 is 11.3. The van der Waals surface area contributed by atoms with Crippen LogP contribution in [0.4, 0.5) is 0 Å². The van der Waals surface area contributed by atoms with E-state index in [0.29, 0.717) is 12.8 Å². The molecule has 0 aliphatic heterocycles. The topological polar surface area (TPSA) is 98.1 Å². The first kappa shape index (κ1) is 14.1. The van der Waals surface area contributed by atoms with Gasteiger partial charge in [0, 0.05) is 0 Å². The molecule has 6 nitrogen and oxygen atoms in total. The number of hydrogen-bond acceptors (Lipinski definition) is 4. The standard InChI is InChI=1S/C11H13Cl2N3O3/c12-6-7(13)16-8(15-6)9(17)19-11(10(14)18)4-2-1-3-5-11/h1-5H2,(H2,14,18)(H,15,16). The average molecular weight is 306 g/mol. The zero-order valence-electron chi connectivity index (χ0n) is 10.0. The molecule has 1 aromatic rings. The summed E-state index contributed by atoms with van der Waals surface area (Å²) in [4.78, 5) is 29.7. The monoisotopic (exact) mass is 305 g/mol. The van der Waals surface area contributed by atoms with Crippen LogP contribution in [0, 0.1) is 0 Å². The number of hydrogen-bond donors (Lipinski definition) is 2. The van der Waals surface area contributed by atoms with Gasteiger partial charge in [0.2, 0.25) is 5.82 Å². The second kappa shape index (κ2) is 5.38. The van der Waals surface area contributed by atoms with E-state index in [0.717, 1.165) is 19.3 Å². The van der Waals surface area contributed by atoms with Crippen LogP contribution in [-0.2, 0) is 9.53 Å². The Morgan fingerprint density at radius 1 is 1.26 bits per heavy atom. The molecule has 1 saturated carbocycles. The maximum absolute atomic E-state index is 11.9. The second-order valence-electron chi connectivity index (χ2n) is 4.50. The number of ether oxygens (including phenoxy) is 1. The fourth-order valence-electron chi connectivity index (χ4n) is 2.17. The Hall–Kier alpha value is -1.27. The lowest BCUT2D eigenvalue weighted by Gasteiger charge is -2.33. The molecule has 8 heteroatoms. The summed E-state index contributed by atoms with van der Waals surface area (Å²) < 4.78 is 5.27. The van der Waals surface area contributed by atoms with Crippen LogP contribution in [0.15, 0.2) is 0 Å². The number of esters is 1. The highest BCUT2D eigenvalue weighted by molar-refractivity contribution is 6.40. The van der Waals surface area contributed by atoms with Gasteiger partial charge >= 0.3 is 5.97 Å². The molecule has 1 aromatic heterocycles. The number of imidazole rings is 1. The molecule has 1 fully saturated rings. The van der Waals surface area contributed by atoms with Gasteiger partial charge in [-0.1, -0.05) is 29.6 Å². The van der Waals surface area contributed by atoms with Crippen LogP contribution in [0.2, 0.25) is 10.3 Å². The van der Waals surface area contributed by atoms with Crippen molar-refractivity contribution in [2.45, 2.75) is 37.7 Å². The van der Waals surface area contributed by atoms with Gasteiger partial charge < -0.3 is 15.5 Å². The van der Waals surface area contributed by atoms with Crippen LogP contribution in [0.1, 0.15) is 42.7 Å². The lowest BCUT2D eigenvalue weighted by atomic mass is 9.84. The van der Waals surface area contributed by atoms with Gasteiger partial charge in [0.25, 0.3) is 5.91 Å².